The topological polar surface area (TPSA) is 50.4 Å². The first-order valence-electron chi connectivity index (χ1n) is 9.45. The van der Waals surface area contributed by atoms with E-state index in [0.29, 0.717) is 18.4 Å². The van der Waals surface area contributed by atoms with Crippen LogP contribution in [-0.4, -0.2) is 31.3 Å². The summed E-state index contributed by atoms with van der Waals surface area (Å²) in [5.41, 5.74) is -0.435. The third-order valence-corrected chi connectivity index (χ3v) is 4.71. The molecule has 0 bridgehead atoms. The largest absolute Gasteiger partial charge is 0.444 e. The third kappa shape index (κ3) is 9.85. The Kier molecular flexibility index (Phi) is 8.96. The summed E-state index contributed by atoms with van der Waals surface area (Å²) >= 11 is 0. The molecule has 0 aliphatic heterocycles. The summed E-state index contributed by atoms with van der Waals surface area (Å²) < 4.78 is 5.30. The fraction of sp³-hybridized carbons (Fsp3) is 0.947. The molecule has 1 unspecified atom stereocenters. The SMILES string of the molecule is CC(C)C(CNCCC1CCCCC1)CNC(=O)OC(C)(C)C. The summed E-state index contributed by atoms with van der Waals surface area (Å²) in [7, 11) is 0. The molecule has 0 saturated heterocycles. The van der Waals surface area contributed by atoms with Crippen LogP contribution in [0.25, 0.3) is 0 Å². The zero-order chi connectivity index (χ0) is 17.3. The molecule has 0 radical (unpaired) electrons. The number of hydrogen-bond donors (Lipinski definition) is 2. The van der Waals surface area contributed by atoms with Crippen LogP contribution < -0.4 is 10.6 Å². The van der Waals surface area contributed by atoms with Crippen molar-refractivity contribution >= 4 is 6.09 Å². The maximum Gasteiger partial charge on any atom is 0.407 e. The van der Waals surface area contributed by atoms with Crippen molar-refractivity contribution in [2.24, 2.45) is 17.8 Å². The van der Waals surface area contributed by atoms with Gasteiger partial charge in [0.15, 0.2) is 0 Å². The van der Waals surface area contributed by atoms with Crippen molar-refractivity contribution < 1.29 is 9.53 Å². The summed E-state index contributed by atoms with van der Waals surface area (Å²) in [4.78, 5) is 11.8. The summed E-state index contributed by atoms with van der Waals surface area (Å²) in [6.45, 7) is 12.8. The second-order valence-electron chi connectivity index (χ2n) is 8.38. The predicted octanol–water partition coefficient (Wildman–Crippen LogP) is 4.34. The van der Waals surface area contributed by atoms with Gasteiger partial charge < -0.3 is 15.4 Å². The second kappa shape index (κ2) is 10.2. The maximum atomic E-state index is 11.8. The van der Waals surface area contributed by atoms with E-state index in [0.717, 1.165) is 19.0 Å². The minimum Gasteiger partial charge on any atom is -0.444 e. The molecule has 23 heavy (non-hydrogen) atoms. The molecule has 4 heteroatoms. The van der Waals surface area contributed by atoms with Crippen LogP contribution in [0, 0.1) is 17.8 Å². The molecule has 0 aromatic rings. The zero-order valence-corrected chi connectivity index (χ0v) is 15.9. The van der Waals surface area contributed by atoms with E-state index in [-0.39, 0.29) is 6.09 Å². The summed E-state index contributed by atoms with van der Waals surface area (Å²) in [6, 6.07) is 0. The Labute approximate surface area is 143 Å². The van der Waals surface area contributed by atoms with Crippen LogP contribution in [0.3, 0.4) is 0 Å². The molecule has 0 aromatic carbocycles. The van der Waals surface area contributed by atoms with E-state index in [1.165, 1.54) is 38.5 Å². The fourth-order valence-electron chi connectivity index (χ4n) is 3.14. The first-order chi connectivity index (χ1) is 10.8. The van der Waals surface area contributed by atoms with E-state index in [2.05, 4.69) is 24.5 Å². The van der Waals surface area contributed by atoms with Crippen LogP contribution >= 0.6 is 0 Å². The molecule has 1 amide bonds. The Hall–Kier alpha value is -0.770. The van der Waals surface area contributed by atoms with Gasteiger partial charge in [-0.1, -0.05) is 46.0 Å². The maximum absolute atomic E-state index is 11.8. The Balaban J connectivity index is 2.19. The summed E-state index contributed by atoms with van der Waals surface area (Å²) in [6.07, 6.45) is 8.06. The molecule has 1 aliphatic rings. The Morgan fingerprint density at radius 3 is 2.35 bits per heavy atom. The lowest BCUT2D eigenvalue weighted by molar-refractivity contribution is 0.0515. The quantitative estimate of drug-likeness (QED) is 0.652. The Morgan fingerprint density at radius 2 is 1.78 bits per heavy atom. The highest BCUT2D eigenvalue weighted by Crippen LogP contribution is 2.25. The molecule has 0 aromatic heterocycles. The van der Waals surface area contributed by atoms with Crippen molar-refractivity contribution in [3.05, 3.63) is 0 Å². The van der Waals surface area contributed by atoms with E-state index < -0.39 is 5.60 Å². The van der Waals surface area contributed by atoms with Crippen molar-refractivity contribution in [2.45, 2.75) is 78.7 Å². The van der Waals surface area contributed by atoms with Gasteiger partial charge in [0, 0.05) is 6.54 Å². The highest BCUT2D eigenvalue weighted by molar-refractivity contribution is 5.67. The van der Waals surface area contributed by atoms with Gasteiger partial charge in [-0.2, -0.15) is 0 Å². The van der Waals surface area contributed by atoms with Crippen LogP contribution in [0.2, 0.25) is 0 Å². The first-order valence-corrected chi connectivity index (χ1v) is 9.45. The predicted molar refractivity (Wildman–Crippen MR) is 96.6 cm³/mol. The van der Waals surface area contributed by atoms with E-state index in [4.69, 9.17) is 4.74 Å². The molecular weight excluding hydrogens is 288 g/mol. The van der Waals surface area contributed by atoms with E-state index in [1.807, 2.05) is 20.8 Å². The monoisotopic (exact) mass is 326 g/mol. The molecule has 0 spiro atoms. The number of alkyl carbamates (subject to hydrolysis) is 1. The third-order valence-electron chi connectivity index (χ3n) is 4.71. The minimum absolute atomic E-state index is 0.314. The highest BCUT2D eigenvalue weighted by atomic mass is 16.6. The molecule has 4 nitrogen and oxygen atoms in total. The molecule has 0 heterocycles. The highest BCUT2D eigenvalue weighted by Gasteiger charge is 2.19. The average molecular weight is 327 g/mol. The molecule has 1 saturated carbocycles. The van der Waals surface area contributed by atoms with Crippen LogP contribution in [0.5, 0.6) is 0 Å². The van der Waals surface area contributed by atoms with E-state index >= 15 is 0 Å². The molecular formula is C19H38N2O2. The van der Waals surface area contributed by atoms with E-state index in [9.17, 15) is 4.79 Å². The lowest BCUT2D eigenvalue weighted by Crippen LogP contribution is -2.39. The lowest BCUT2D eigenvalue weighted by atomic mass is 9.87. The smallest absolute Gasteiger partial charge is 0.407 e. The number of carbonyl (C=O) groups is 1. The van der Waals surface area contributed by atoms with Gasteiger partial charge in [0.2, 0.25) is 0 Å². The minimum atomic E-state index is -0.435. The van der Waals surface area contributed by atoms with Gasteiger partial charge in [-0.3, -0.25) is 0 Å². The van der Waals surface area contributed by atoms with Crippen molar-refractivity contribution in [1.82, 2.24) is 10.6 Å². The number of ether oxygens (including phenoxy) is 1. The van der Waals surface area contributed by atoms with Crippen LogP contribution in [0.15, 0.2) is 0 Å². The number of hydrogen-bond acceptors (Lipinski definition) is 3. The summed E-state index contributed by atoms with van der Waals surface area (Å²) in [5, 5.41) is 6.50. The average Bonchev–Trinajstić information content (AvgIpc) is 2.45. The lowest BCUT2D eigenvalue weighted by Gasteiger charge is -2.25. The van der Waals surface area contributed by atoms with Gasteiger partial charge in [-0.15, -0.1) is 0 Å². The molecule has 136 valence electrons. The van der Waals surface area contributed by atoms with Gasteiger partial charge in [0.25, 0.3) is 0 Å². The first kappa shape index (κ1) is 20.3. The second-order valence-corrected chi connectivity index (χ2v) is 8.38. The summed E-state index contributed by atoms with van der Waals surface area (Å²) in [5.74, 6) is 1.90. The van der Waals surface area contributed by atoms with Gasteiger partial charge in [-0.25, -0.2) is 4.79 Å². The number of rotatable bonds is 8. The van der Waals surface area contributed by atoms with Crippen molar-refractivity contribution in [2.75, 3.05) is 19.6 Å². The van der Waals surface area contributed by atoms with Crippen molar-refractivity contribution in [1.29, 1.82) is 0 Å². The fourth-order valence-corrected chi connectivity index (χ4v) is 3.14. The van der Waals surface area contributed by atoms with Crippen molar-refractivity contribution in [3.63, 3.8) is 0 Å². The molecule has 2 N–H and O–H groups in total. The number of carbonyl (C=O) groups excluding carboxylic acids is 1. The Bertz CT molecular complexity index is 331. The number of amides is 1. The van der Waals surface area contributed by atoms with Crippen LogP contribution in [0.1, 0.15) is 73.1 Å². The van der Waals surface area contributed by atoms with Crippen LogP contribution in [0.4, 0.5) is 4.79 Å². The normalized spacial score (nSPS) is 18.0. The molecule has 1 fully saturated rings. The Morgan fingerprint density at radius 1 is 1.13 bits per heavy atom. The van der Waals surface area contributed by atoms with Gasteiger partial charge in [0.1, 0.15) is 5.60 Å². The van der Waals surface area contributed by atoms with Gasteiger partial charge in [0.05, 0.1) is 0 Å². The standard InChI is InChI=1S/C19H38N2O2/c1-15(2)17(14-21-18(22)23-19(3,4)5)13-20-12-11-16-9-7-6-8-10-16/h15-17,20H,6-14H2,1-5H3,(H,21,22). The molecule has 1 aliphatic carbocycles. The zero-order valence-electron chi connectivity index (χ0n) is 15.9. The van der Waals surface area contributed by atoms with Gasteiger partial charge >= 0.3 is 6.09 Å². The van der Waals surface area contributed by atoms with Gasteiger partial charge in [-0.05, 0) is 58.0 Å². The van der Waals surface area contributed by atoms with Crippen LogP contribution in [-0.2, 0) is 4.74 Å². The number of nitrogens with one attached hydrogen (secondary N) is 2. The van der Waals surface area contributed by atoms with E-state index in [1.54, 1.807) is 0 Å². The molecule has 1 atom stereocenters. The molecule has 1 rings (SSSR count). The van der Waals surface area contributed by atoms with Crippen molar-refractivity contribution in [3.8, 4) is 0 Å².